The lowest BCUT2D eigenvalue weighted by Gasteiger charge is -2.12. The summed E-state index contributed by atoms with van der Waals surface area (Å²) in [5, 5.41) is 7.77. The molecular weight excluding hydrogens is 240 g/mol. The van der Waals surface area contributed by atoms with Gasteiger partial charge in [-0.05, 0) is 25.8 Å². The van der Waals surface area contributed by atoms with Crippen LogP contribution >= 0.6 is 0 Å². The van der Waals surface area contributed by atoms with Gasteiger partial charge in [-0.25, -0.2) is 4.52 Å². The number of rotatable bonds is 4. The van der Waals surface area contributed by atoms with Gasteiger partial charge < -0.3 is 9.88 Å². The molecule has 0 unspecified atom stereocenters. The minimum Gasteiger partial charge on any atom is -0.312 e. The summed E-state index contributed by atoms with van der Waals surface area (Å²) in [4.78, 5) is 12.2. The van der Waals surface area contributed by atoms with E-state index in [-0.39, 0.29) is 5.56 Å². The summed E-state index contributed by atoms with van der Waals surface area (Å²) < 4.78 is 3.41. The van der Waals surface area contributed by atoms with E-state index in [4.69, 9.17) is 0 Å². The topological polar surface area (TPSA) is 51.3 Å². The van der Waals surface area contributed by atoms with Gasteiger partial charge in [0.15, 0.2) is 0 Å². The summed E-state index contributed by atoms with van der Waals surface area (Å²) in [6.45, 7) is 3.47. The molecule has 102 valence electrons. The standard InChI is InChI=1S/C14H20N4O/c1-11-10-13-14(19)17(8-9-18(13)16-11)7-6-15-12-4-2-3-5-12/h8-10,12,15H,2-7H2,1H3. The van der Waals surface area contributed by atoms with Crippen LogP contribution in [-0.2, 0) is 6.54 Å². The van der Waals surface area contributed by atoms with Crippen LogP contribution in [0, 0.1) is 6.92 Å². The molecule has 0 amide bonds. The molecule has 0 saturated heterocycles. The molecule has 1 fully saturated rings. The molecule has 1 N–H and O–H groups in total. The van der Waals surface area contributed by atoms with E-state index in [9.17, 15) is 4.79 Å². The zero-order valence-electron chi connectivity index (χ0n) is 11.3. The van der Waals surface area contributed by atoms with Gasteiger partial charge in [0, 0.05) is 31.5 Å². The van der Waals surface area contributed by atoms with Crippen LogP contribution in [0.1, 0.15) is 31.4 Å². The Bertz CT molecular complexity index is 622. The van der Waals surface area contributed by atoms with E-state index in [1.807, 2.05) is 25.4 Å². The second-order valence-corrected chi connectivity index (χ2v) is 5.35. The Labute approximate surface area is 112 Å². The molecule has 1 aliphatic carbocycles. The highest BCUT2D eigenvalue weighted by Crippen LogP contribution is 2.17. The third-order valence-electron chi connectivity index (χ3n) is 3.87. The first-order chi connectivity index (χ1) is 9.24. The van der Waals surface area contributed by atoms with Crippen LogP contribution in [0.3, 0.4) is 0 Å². The molecule has 0 atom stereocenters. The second-order valence-electron chi connectivity index (χ2n) is 5.35. The van der Waals surface area contributed by atoms with E-state index in [1.54, 1.807) is 9.08 Å². The van der Waals surface area contributed by atoms with Crippen LogP contribution in [-0.4, -0.2) is 26.8 Å². The molecule has 2 aromatic rings. The van der Waals surface area contributed by atoms with Crippen molar-refractivity contribution < 1.29 is 0 Å². The lowest BCUT2D eigenvalue weighted by atomic mass is 10.2. The van der Waals surface area contributed by atoms with Crippen LogP contribution in [0.15, 0.2) is 23.3 Å². The monoisotopic (exact) mass is 260 g/mol. The van der Waals surface area contributed by atoms with Crippen molar-refractivity contribution in [3.05, 3.63) is 34.5 Å². The van der Waals surface area contributed by atoms with Crippen molar-refractivity contribution in [3.8, 4) is 0 Å². The first-order valence-corrected chi connectivity index (χ1v) is 7.03. The van der Waals surface area contributed by atoms with Crippen molar-refractivity contribution in [2.45, 2.75) is 45.2 Å². The fraction of sp³-hybridized carbons (Fsp3) is 0.571. The third-order valence-corrected chi connectivity index (χ3v) is 3.87. The summed E-state index contributed by atoms with van der Waals surface area (Å²) in [7, 11) is 0. The van der Waals surface area contributed by atoms with Gasteiger partial charge in [-0.15, -0.1) is 0 Å². The molecule has 2 heterocycles. The maximum Gasteiger partial charge on any atom is 0.276 e. The summed E-state index contributed by atoms with van der Waals surface area (Å²) >= 11 is 0. The van der Waals surface area contributed by atoms with E-state index in [0.717, 1.165) is 18.8 Å². The van der Waals surface area contributed by atoms with Crippen molar-refractivity contribution >= 4 is 5.52 Å². The van der Waals surface area contributed by atoms with E-state index in [1.165, 1.54) is 25.7 Å². The van der Waals surface area contributed by atoms with Gasteiger partial charge in [0.2, 0.25) is 0 Å². The number of hydrogen-bond donors (Lipinski definition) is 1. The van der Waals surface area contributed by atoms with E-state index in [2.05, 4.69) is 10.4 Å². The minimum atomic E-state index is 0.0383. The highest BCUT2D eigenvalue weighted by molar-refractivity contribution is 5.44. The molecule has 0 spiro atoms. The summed E-state index contributed by atoms with van der Waals surface area (Å²) in [6, 6.07) is 2.49. The Balaban J connectivity index is 1.70. The Morgan fingerprint density at radius 1 is 1.37 bits per heavy atom. The number of aryl methyl sites for hydroxylation is 1. The predicted octanol–water partition coefficient (Wildman–Crippen LogP) is 1.34. The molecule has 0 aliphatic heterocycles. The van der Waals surface area contributed by atoms with Crippen LogP contribution in [0.2, 0.25) is 0 Å². The molecule has 0 bridgehead atoms. The first-order valence-electron chi connectivity index (χ1n) is 7.03. The zero-order chi connectivity index (χ0) is 13.2. The molecular formula is C14H20N4O. The number of nitrogens with one attached hydrogen (secondary N) is 1. The highest BCUT2D eigenvalue weighted by Gasteiger charge is 2.13. The molecule has 2 aromatic heterocycles. The van der Waals surface area contributed by atoms with Crippen molar-refractivity contribution in [3.63, 3.8) is 0 Å². The van der Waals surface area contributed by atoms with Crippen LogP contribution in [0.5, 0.6) is 0 Å². The lowest BCUT2D eigenvalue weighted by molar-refractivity contribution is 0.492. The van der Waals surface area contributed by atoms with Crippen molar-refractivity contribution in [2.24, 2.45) is 0 Å². The summed E-state index contributed by atoms with van der Waals surface area (Å²) in [5.74, 6) is 0. The molecule has 5 heteroatoms. The van der Waals surface area contributed by atoms with Crippen molar-refractivity contribution in [2.75, 3.05) is 6.54 Å². The summed E-state index contributed by atoms with van der Waals surface area (Å²) in [6.07, 6.45) is 8.88. The van der Waals surface area contributed by atoms with Gasteiger partial charge in [-0.3, -0.25) is 4.79 Å². The third kappa shape index (κ3) is 2.56. The SMILES string of the molecule is Cc1cc2c(=O)n(CCNC3CCCC3)ccn2n1. The Morgan fingerprint density at radius 2 is 2.16 bits per heavy atom. The fourth-order valence-corrected chi connectivity index (χ4v) is 2.84. The van der Waals surface area contributed by atoms with Gasteiger partial charge in [-0.1, -0.05) is 12.8 Å². The number of nitrogens with zero attached hydrogens (tertiary/aromatic N) is 3. The van der Waals surface area contributed by atoms with Gasteiger partial charge >= 0.3 is 0 Å². The first kappa shape index (κ1) is 12.4. The second kappa shape index (κ2) is 5.17. The molecule has 19 heavy (non-hydrogen) atoms. The molecule has 1 aliphatic rings. The highest BCUT2D eigenvalue weighted by atomic mass is 16.1. The van der Waals surface area contributed by atoms with Crippen molar-refractivity contribution in [1.29, 1.82) is 0 Å². The van der Waals surface area contributed by atoms with Gasteiger partial charge in [0.05, 0.1) is 5.69 Å². The maximum absolute atomic E-state index is 12.2. The number of aromatic nitrogens is 3. The van der Waals surface area contributed by atoms with Crippen LogP contribution in [0.4, 0.5) is 0 Å². The Morgan fingerprint density at radius 3 is 2.95 bits per heavy atom. The fourth-order valence-electron chi connectivity index (χ4n) is 2.84. The molecule has 1 saturated carbocycles. The summed E-state index contributed by atoms with van der Waals surface area (Å²) in [5.41, 5.74) is 1.57. The van der Waals surface area contributed by atoms with Gasteiger partial charge in [0.25, 0.3) is 5.56 Å². The largest absolute Gasteiger partial charge is 0.312 e. The van der Waals surface area contributed by atoms with Gasteiger partial charge in [0.1, 0.15) is 5.52 Å². The number of fused-ring (bicyclic) bond motifs is 1. The average molecular weight is 260 g/mol. The smallest absolute Gasteiger partial charge is 0.276 e. The predicted molar refractivity (Wildman–Crippen MR) is 74.4 cm³/mol. The average Bonchev–Trinajstić information content (AvgIpc) is 3.01. The normalized spacial score (nSPS) is 16.5. The molecule has 0 radical (unpaired) electrons. The van der Waals surface area contributed by atoms with Gasteiger partial charge in [-0.2, -0.15) is 5.10 Å². The Kier molecular flexibility index (Phi) is 3.38. The zero-order valence-corrected chi connectivity index (χ0v) is 11.3. The molecule has 5 nitrogen and oxygen atoms in total. The van der Waals surface area contributed by atoms with E-state index in [0.29, 0.717) is 11.6 Å². The lowest BCUT2D eigenvalue weighted by Crippen LogP contribution is -2.32. The maximum atomic E-state index is 12.2. The quantitative estimate of drug-likeness (QED) is 0.902. The van der Waals surface area contributed by atoms with Crippen LogP contribution < -0.4 is 10.9 Å². The van der Waals surface area contributed by atoms with Crippen LogP contribution in [0.25, 0.3) is 5.52 Å². The Hall–Kier alpha value is -1.62. The van der Waals surface area contributed by atoms with Crippen molar-refractivity contribution in [1.82, 2.24) is 19.5 Å². The van der Waals surface area contributed by atoms with E-state index < -0.39 is 0 Å². The minimum absolute atomic E-state index is 0.0383. The molecule has 3 rings (SSSR count). The van der Waals surface area contributed by atoms with E-state index >= 15 is 0 Å². The number of hydrogen-bond acceptors (Lipinski definition) is 3. The molecule has 0 aromatic carbocycles.